The Morgan fingerprint density at radius 1 is 0.917 bits per heavy atom. The molecule has 0 aliphatic carbocycles. The maximum Gasteiger partial charge on any atom is 0.255 e. The molecule has 0 spiro atoms. The van der Waals surface area contributed by atoms with Gasteiger partial charge in [-0.05, 0) is 48.9 Å². The fraction of sp³-hybridized carbons (Fsp3) is 0.241. The van der Waals surface area contributed by atoms with E-state index in [-0.39, 0.29) is 23.7 Å². The SMILES string of the molecule is C[C@@H](C(=O)N1CCN(c2ccc(F)cc2)CC1)N1C(=O)c2ccccc2[C@@H]1c1c[nH]c2ccccc12. The van der Waals surface area contributed by atoms with E-state index < -0.39 is 6.04 Å². The van der Waals surface area contributed by atoms with Gasteiger partial charge in [0.25, 0.3) is 5.91 Å². The first-order valence-electron chi connectivity index (χ1n) is 12.3. The van der Waals surface area contributed by atoms with Crippen LogP contribution in [0.4, 0.5) is 10.1 Å². The summed E-state index contributed by atoms with van der Waals surface area (Å²) in [5, 5.41) is 1.05. The fourth-order valence-electron chi connectivity index (χ4n) is 5.59. The number of piperazine rings is 1. The van der Waals surface area contributed by atoms with Gasteiger partial charge in [-0.1, -0.05) is 36.4 Å². The summed E-state index contributed by atoms with van der Waals surface area (Å²) in [7, 11) is 0. The number of aromatic amines is 1. The number of H-pyrrole nitrogens is 1. The molecular weight excluding hydrogens is 455 g/mol. The standard InChI is InChI=1S/C29H27FN4O2/c1-19(28(35)33-16-14-32(15-17-33)21-12-10-20(30)11-13-21)34-27(23-7-2-3-8-24(23)29(34)36)25-18-31-26-9-5-4-6-22(25)26/h2-13,18-19,27,31H,14-17H2,1H3/t19-,27+/m0/s1. The van der Waals surface area contributed by atoms with Gasteiger partial charge in [0.2, 0.25) is 5.91 Å². The van der Waals surface area contributed by atoms with E-state index in [9.17, 15) is 14.0 Å². The van der Waals surface area contributed by atoms with Crippen LogP contribution in [0, 0.1) is 5.82 Å². The number of halogens is 1. The van der Waals surface area contributed by atoms with Crippen molar-refractivity contribution in [3.8, 4) is 0 Å². The molecule has 2 aliphatic heterocycles. The molecule has 0 bridgehead atoms. The van der Waals surface area contributed by atoms with Crippen molar-refractivity contribution in [3.05, 3.63) is 102 Å². The fourth-order valence-corrected chi connectivity index (χ4v) is 5.59. The topological polar surface area (TPSA) is 59.7 Å². The van der Waals surface area contributed by atoms with Crippen molar-refractivity contribution in [2.45, 2.75) is 19.0 Å². The Morgan fingerprint density at radius 2 is 1.61 bits per heavy atom. The number of amides is 2. The Kier molecular flexibility index (Phi) is 5.48. The van der Waals surface area contributed by atoms with E-state index in [2.05, 4.69) is 9.88 Å². The van der Waals surface area contributed by atoms with Crippen molar-refractivity contribution in [1.29, 1.82) is 0 Å². The smallest absolute Gasteiger partial charge is 0.255 e. The number of hydrogen-bond acceptors (Lipinski definition) is 3. The highest BCUT2D eigenvalue weighted by Gasteiger charge is 2.44. The second kappa shape index (κ2) is 8.82. The van der Waals surface area contributed by atoms with Crippen molar-refractivity contribution in [2.75, 3.05) is 31.1 Å². The number of anilines is 1. The third kappa shape index (κ3) is 3.63. The maximum absolute atomic E-state index is 13.7. The number of carbonyl (C=O) groups excluding carboxylic acids is 2. The Balaban J connectivity index is 1.27. The van der Waals surface area contributed by atoms with Gasteiger partial charge in [0, 0.05) is 60.1 Å². The molecule has 1 N–H and O–H groups in total. The highest BCUT2D eigenvalue weighted by atomic mass is 19.1. The number of nitrogens with one attached hydrogen (secondary N) is 1. The molecule has 1 aromatic heterocycles. The summed E-state index contributed by atoms with van der Waals surface area (Å²) in [5.74, 6) is -0.436. The summed E-state index contributed by atoms with van der Waals surface area (Å²) in [6.45, 7) is 4.25. The molecule has 4 aromatic rings. The van der Waals surface area contributed by atoms with Gasteiger partial charge >= 0.3 is 0 Å². The first kappa shape index (κ1) is 22.3. The molecule has 36 heavy (non-hydrogen) atoms. The van der Waals surface area contributed by atoms with Gasteiger partial charge in [-0.3, -0.25) is 9.59 Å². The van der Waals surface area contributed by atoms with Gasteiger partial charge in [-0.25, -0.2) is 4.39 Å². The molecular formula is C29H27FN4O2. The van der Waals surface area contributed by atoms with Crippen LogP contribution in [0.25, 0.3) is 10.9 Å². The van der Waals surface area contributed by atoms with E-state index in [0.717, 1.165) is 27.7 Å². The third-order valence-corrected chi connectivity index (χ3v) is 7.47. The highest BCUT2D eigenvalue weighted by molar-refractivity contribution is 6.03. The van der Waals surface area contributed by atoms with E-state index in [4.69, 9.17) is 0 Å². The number of nitrogens with zero attached hydrogens (tertiary/aromatic N) is 3. The van der Waals surface area contributed by atoms with E-state index in [1.807, 2.05) is 66.6 Å². The largest absolute Gasteiger partial charge is 0.368 e. The quantitative estimate of drug-likeness (QED) is 0.463. The molecule has 2 atom stereocenters. The average Bonchev–Trinajstić information content (AvgIpc) is 3.47. The van der Waals surface area contributed by atoms with Crippen LogP contribution in [-0.2, 0) is 4.79 Å². The molecule has 0 unspecified atom stereocenters. The number of rotatable bonds is 4. The lowest BCUT2D eigenvalue weighted by atomic mass is 9.97. The summed E-state index contributed by atoms with van der Waals surface area (Å²) in [4.78, 5) is 36.4. The predicted molar refractivity (Wildman–Crippen MR) is 137 cm³/mol. The maximum atomic E-state index is 13.7. The van der Waals surface area contributed by atoms with E-state index in [1.54, 1.807) is 17.0 Å². The van der Waals surface area contributed by atoms with Gasteiger partial charge in [-0.15, -0.1) is 0 Å². The van der Waals surface area contributed by atoms with E-state index in [0.29, 0.717) is 31.7 Å². The number of para-hydroxylation sites is 1. The molecule has 1 fully saturated rings. The van der Waals surface area contributed by atoms with Gasteiger partial charge in [0.15, 0.2) is 0 Å². The lowest BCUT2D eigenvalue weighted by Crippen LogP contribution is -2.55. The minimum absolute atomic E-state index is 0.0558. The number of benzene rings is 3. The Hall–Kier alpha value is -4.13. The molecule has 2 amide bonds. The van der Waals surface area contributed by atoms with E-state index in [1.165, 1.54) is 12.1 Å². The minimum atomic E-state index is -0.624. The summed E-state index contributed by atoms with van der Waals surface area (Å²) >= 11 is 0. The zero-order valence-electron chi connectivity index (χ0n) is 20.0. The molecule has 0 saturated carbocycles. The normalized spacial score (nSPS) is 18.6. The molecule has 7 heteroatoms. The lowest BCUT2D eigenvalue weighted by Gasteiger charge is -2.39. The van der Waals surface area contributed by atoms with Crippen LogP contribution in [0.3, 0.4) is 0 Å². The molecule has 3 heterocycles. The zero-order valence-corrected chi connectivity index (χ0v) is 20.0. The van der Waals surface area contributed by atoms with Gasteiger partial charge < -0.3 is 19.7 Å². The van der Waals surface area contributed by atoms with Crippen molar-refractivity contribution < 1.29 is 14.0 Å². The summed E-state index contributed by atoms with van der Waals surface area (Å²) in [5.41, 5.74) is 4.51. The van der Waals surface area contributed by atoms with Crippen LogP contribution < -0.4 is 4.90 Å². The monoisotopic (exact) mass is 482 g/mol. The summed E-state index contributed by atoms with van der Waals surface area (Å²) in [6, 6.07) is 21.1. The average molecular weight is 483 g/mol. The van der Waals surface area contributed by atoms with Crippen LogP contribution in [0.5, 0.6) is 0 Å². The Morgan fingerprint density at radius 3 is 2.39 bits per heavy atom. The van der Waals surface area contributed by atoms with Gasteiger partial charge in [-0.2, -0.15) is 0 Å². The number of hydrogen-bond donors (Lipinski definition) is 1. The van der Waals surface area contributed by atoms with Crippen LogP contribution in [0.1, 0.15) is 34.5 Å². The summed E-state index contributed by atoms with van der Waals surface area (Å²) in [6.07, 6.45) is 1.95. The number of fused-ring (bicyclic) bond motifs is 2. The van der Waals surface area contributed by atoms with Crippen molar-refractivity contribution in [1.82, 2.24) is 14.8 Å². The number of aromatic nitrogens is 1. The van der Waals surface area contributed by atoms with Crippen molar-refractivity contribution in [2.24, 2.45) is 0 Å². The second-order valence-corrected chi connectivity index (χ2v) is 9.46. The van der Waals surface area contributed by atoms with Crippen LogP contribution in [0.15, 0.2) is 79.0 Å². The van der Waals surface area contributed by atoms with Gasteiger partial charge in [0.1, 0.15) is 11.9 Å². The van der Waals surface area contributed by atoms with Crippen molar-refractivity contribution >= 4 is 28.4 Å². The molecule has 182 valence electrons. The first-order chi connectivity index (χ1) is 17.5. The lowest BCUT2D eigenvalue weighted by molar-refractivity contribution is -0.136. The van der Waals surface area contributed by atoms with Crippen molar-refractivity contribution in [3.63, 3.8) is 0 Å². The Bertz CT molecular complexity index is 1440. The third-order valence-electron chi connectivity index (χ3n) is 7.47. The van der Waals surface area contributed by atoms with Crippen LogP contribution in [0.2, 0.25) is 0 Å². The number of carbonyl (C=O) groups is 2. The molecule has 0 radical (unpaired) electrons. The minimum Gasteiger partial charge on any atom is -0.368 e. The molecule has 3 aromatic carbocycles. The van der Waals surface area contributed by atoms with Crippen LogP contribution >= 0.6 is 0 Å². The van der Waals surface area contributed by atoms with E-state index >= 15 is 0 Å². The predicted octanol–water partition coefficient (Wildman–Crippen LogP) is 4.59. The van der Waals surface area contributed by atoms with Crippen LogP contribution in [-0.4, -0.2) is 58.8 Å². The Labute approximate surface area is 208 Å². The summed E-state index contributed by atoms with van der Waals surface area (Å²) < 4.78 is 13.3. The first-order valence-corrected chi connectivity index (χ1v) is 12.3. The highest BCUT2D eigenvalue weighted by Crippen LogP contribution is 2.42. The second-order valence-electron chi connectivity index (χ2n) is 9.46. The molecule has 6 rings (SSSR count). The molecule has 1 saturated heterocycles. The molecule has 2 aliphatic rings. The van der Waals surface area contributed by atoms with Gasteiger partial charge in [0.05, 0.1) is 6.04 Å². The zero-order chi connectivity index (χ0) is 24.8. The molecule has 6 nitrogen and oxygen atoms in total.